The Balaban J connectivity index is 3.03. The zero-order chi connectivity index (χ0) is 29.4. The van der Waals surface area contributed by atoms with Crippen LogP contribution < -0.4 is 38.9 Å². The molecule has 0 heterocycles. The summed E-state index contributed by atoms with van der Waals surface area (Å²) in [4.78, 5) is 61.7. The van der Waals surface area contributed by atoms with Crippen molar-refractivity contribution in [3.8, 4) is 5.75 Å². The average molecular weight is 552 g/mol. The molecule has 0 spiro atoms. The highest BCUT2D eigenvalue weighted by Crippen LogP contribution is 2.12. The zero-order valence-electron chi connectivity index (χ0n) is 21.9. The highest BCUT2D eigenvalue weighted by atomic mass is 16.4. The summed E-state index contributed by atoms with van der Waals surface area (Å²) in [5, 5.41) is 26.7. The third-order valence-corrected chi connectivity index (χ3v) is 5.91. The Morgan fingerprint density at radius 3 is 1.64 bits per heavy atom. The number of carbonyl (C=O) groups excluding carboxylic acids is 4. The Morgan fingerprint density at radius 1 is 0.744 bits per heavy atom. The lowest BCUT2D eigenvalue weighted by molar-refractivity contribution is -0.142. The van der Waals surface area contributed by atoms with E-state index in [9.17, 15) is 34.2 Å². The topological polar surface area (TPSA) is 266 Å². The molecule has 0 bridgehead atoms. The third kappa shape index (κ3) is 13.0. The van der Waals surface area contributed by atoms with Gasteiger partial charge in [0.15, 0.2) is 0 Å². The van der Waals surface area contributed by atoms with Crippen LogP contribution in [-0.4, -0.2) is 77.1 Å². The molecule has 0 aliphatic rings. The second-order valence-corrected chi connectivity index (χ2v) is 9.24. The number of carboxylic acid groups (broad SMARTS) is 1. The maximum atomic E-state index is 13.2. The van der Waals surface area contributed by atoms with Crippen molar-refractivity contribution >= 4 is 29.6 Å². The van der Waals surface area contributed by atoms with E-state index in [2.05, 4.69) is 16.0 Å². The number of nitrogens with two attached hydrogens (primary N) is 4. The molecule has 4 unspecified atom stereocenters. The number of rotatable bonds is 19. The number of phenols is 1. The molecule has 0 aliphatic carbocycles. The summed E-state index contributed by atoms with van der Waals surface area (Å²) in [6.45, 7) is 0.724. The normalized spacial score (nSPS) is 13.9. The minimum Gasteiger partial charge on any atom is -0.508 e. The first-order chi connectivity index (χ1) is 18.5. The average Bonchev–Trinajstić information content (AvgIpc) is 2.87. The molecular formula is C25H41N7O7. The number of unbranched alkanes of at least 4 members (excludes halogenated alkanes) is 2. The van der Waals surface area contributed by atoms with E-state index < -0.39 is 60.2 Å². The molecule has 39 heavy (non-hydrogen) atoms. The van der Waals surface area contributed by atoms with E-state index in [-0.39, 0.29) is 25.0 Å². The molecule has 1 aromatic rings. The van der Waals surface area contributed by atoms with Crippen LogP contribution >= 0.6 is 0 Å². The second-order valence-electron chi connectivity index (χ2n) is 9.24. The number of phenolic OH excluding ortho intramolecular Hbond substituents is 1. The summed E-state index contributed by atoms with van der Waals surface area (Å²) >= 11 is 0. The quantitative estimate of drug-likeness (QED) is 0.0848. The first-order valence-corrected chi connectivity index (χ1v) is 12.8. The summed E-state index contributed by atoms with van der Waals surface area (Å²) in [6.07, 6.45) is 1.98. The summed E-state index contributed by atoms with van der Waals surface area (Å²) in [5.74, 6) is -4.20. The van der Waals surface area contributed by atoms with Gasteiger partial charge in [0.1, 0.15) is 23.9 Å². The van der Waals surface area contributed by atoms with Gasteiger partial charge in [0.25, 0.3) is 0 Å². The van der Waals surface area contributed by atoms with Crippen LogP contribution in [0.5, 0.6) is 5.75 Å². The van der Waals surface area contributed by atoms with Gasteiger partial charge in [-0.1, -0.05) is 12.1 Å². The largest absolute Gasteiger partial charge is 0.508 e. The molecule has 0 saturated heterocycles. The van der Waals surface area contributed by atoms with E-state index in [1.165, 1.54) is 24.3 Å². The van der Waals surface area contributed by atoms with Gasteiger partial charge in [-0.25, -0.2) is 4.79 Å². The lowest BCUT2D eigenvalue weighted by Crippen LogP contribution is -2.57. The number of aromatic hydroxyl groups is 1. The number of nitrogens with one attached hydrogen (secondary N) is 3. The number of carboxylic acids is 1. The Morgan fingerprint density at radius 2 is 1.21 bits per heavy atom. The molecule has 0 saturated carbocycles. The lowest BCUT2D eigenvalue weighted by Gasteiger charge is -2.25. The van der Waals surface area contributed by atoms with Crippen molar-refractivity contribution in [1.82, 2.24) is 16.0 Å². The van der Waals surface area contributed by atoms with Crippen LogP contribution in [0.4, 0.5) is 0 Å². The minimum absolute atomic E-state index is 0.0148. The molecule has 1 rings (SSSR count). The SMILES string of the molecule is NCCCCC(NC(=O)C(N)CC(N)=O)C(=O)NC(CCCCN)C(=O)NC(Cc1ccc(O)cc1)C(=O)O. The number of benzene rings is 1. The Kier molecular flexibility index (Phi) is 15.1. The molecule has 0 aliphatic heterocycles. The van der Waals surface area contributed by atoms with Gasteiger partial charge in [-0.2, -0.15) is 0 Å². The molecule has 0 fully saturated rings. The monoisotopic (exact) mass is 551 g/mol. The number of amides is 4. The van der Waals surface area contributed by atoms with Crippen molar-refractivity contribution in [2.24, 2.45) is 22.9 Å². The Labute approximate surface area is 227 Å². The van der Waals surface area contributed by atoms with Crippen molar-refractivity contribution in [2.75, 3.05) is 13.1 Å². The van der Waals surface area contributed by atoms with Crippen LogP contribution in [0.1, 0.15) is 50.5 Å². The van der Waals surface area contributed by atoms with Gasteiger partial charge in [0.2, 0.25) is 23.6 Å². The van der Waals surface area contributed by atoms with Crippen molar-refractivity contribution in [2.45, 2.75) is 75.5 Å². The highest BCUT2D eigenvalue weighted by Gasteiger charge is 2.30. The molecule has 4 atom stereocenters. The van der Waals surface area contributed by atoms with Gasteiger partial charge < -0.3 is 49.1 Å². The predicted octanol–water partition coefficient (Wildman–Crippen LogP) is -2.07. The van der Waals surface area contributed by atoms with Gasteiger partial charge in [-0.15, -0.1) is 0 Å². The van der Waals surface area contributed by atoms with Gasteiger partial charge in [0, 0.05) is 6.42 Å². The van der Waals surface area contributed by atoms with Crippen LogP contribution in [-0.2, 0) is 30.4 Å². The fraction of sp³-hybridized carbons (Fsp3) is 0.560. The third-order valence-electron chi connectivity index (χ3n) is 5.91. The van der Waals surface area contributed by atoms with E-state index in [1.807, 2.05) is 0 Å². The van der Waals surface area contributed by atoms with Gasteiger partial charge in [0.05, 0.1) is 12.5 Å². The standard InChI is InChI=1S/C25H41N7O7/c26-11-3-1-5-18(30-22(35)17(28)14-21(29)34)23(36)31-19(6-2-4-12-27)24(37)32-20(25(38)39)13-15-7-9-16(33)10-8-15/h7-10,17-20,33H,1-6,11-14,26-28H2,(H2,29,34)(H,30,35)(H,31,36)(H,32,37)(H,38,39). The second kappa shape index (κ2) is 17.7. The number of aliphatic carboxylic acids is 1. The summed E-state index contributed by atoms with van der Waals surface area (Å²) in [7, 11) is 0. The maximum absolute atomic E-state index is 13.2. The smallest absolute Gasteiger partial charge is 0.326 e. The van der Waals surface area contributed by atoms with Crippen LogP contribution in [0.15, 0.2) is 24.3 Å². The van der Waals surface area contributed by atoms with Crippen LogP contribution in [0.3, 0.4) is 0 Å². The van der Waals surface area contributed by atoms with Gasteiger partial charge in [-0.3, -0.25) is 19.2 Å². The number of carbonyl (C=O) groups is 5. The molecule has 4 amide bonds. The summed E-state index contributed by atoms with van der Waals surface area (Å²) < 4.78 is 0. The fourth-order valence-corrected chi connectivity index (χ4v) is 3.72. The number of hydrogen-bond acceptors (Lipinski definition) is 9. The highest BCUT2D eigenvalue weighted by molar-refractivity contribution is 5.95. The maximum Gasteiger partial charge on any atom is 0.326 e. The molecule has 13 N–H and O–H groups in total. The van der Waals surface area contributed by atoms with Gasteiger partial charge >= 0.3 is 5.97 Å². The van der Waals surface area contributed by atoms with Crippen molar-refractivity contribution in [1.29, 1.82) is 0 Å². The molecule has 0 radical (unpaired) electrons. The van der Waals surface area contributed by atoms with Gasteiger partial charge in [-0.05, 0) is 69.3 Å². The predicted molar refractivity (Wildman–Crippen MR) is 143 cm³/mol. The first kappa shape index (κ1) is 33.3. The number of hydrogen-bond donors (Lipinski definition) is 9. The molecule has 0 aromatic heterocycles. The fourth-order valence-electron chi connectivity index (χ4n) is 3.72. The minimum atomic E-state index is -1.30. The van der Waals surface area contributed by atoms with Crippen LogP contribution in [0.2, 0.25) is 0 Å². The Bertz CT molecular complexity index is 959. The van der Waals surface area contributed by atoms with Crippen LogP contribution in [0.25, 0.3) is 0 Å². The summed E-state index contributed by atoms with van der Waals surface area (Å²) in [5.41, 5.74) is 22.5. The van der Waals surface area contributed by atoms with E-state index >= 15 is 0 Å². The van der Waals surface area contributed by atoms with E-state index in [0.717, 1.165) is 0 Å². The Hall–Kier alpha value is -3.75. The molecule has 218 valence electrons. The molecule has 1 aromatic carbocycles. The van der Waals surface area contributed by atoms with E-state index in [0.29, 0.717) is 44.3 Å². The van der Waals surface area contributed by atoms with Crippen molar-refractivity contribution in [3.63, 3.8) is 0 Å². The summed E-state index contributed by atoms with van der Waals surface area (Å²) in [6, 6.07) is 1.13. The zero-order valence-corrected chi connectivity index (χ0v) is 21.9. The van der Waals surface area contributed by atoms with Crippen molar-refractivity contribution in [3.05, 3.63) is 29.8 Å². The van der Waals surface area contributed by atoms with E-state index in [4.69, 9.17) is 22.9 Å². The first-order valence-electron chi connectivity index (χ1n) is 12.8. The molecular weight excluding hydrogens is 510 g/mol. The van der Waals surface area contributed by atoms with Crippen LogP contribution in [0, 0.1) is 0 Å². The molecule has 14 heteroatoms. The van der Waals surface area contributed by atoms with E-state index in [1.54, 1.807) is 0 Å². The lowest BCUT2D eigenvalue weighted by atomic mass is 10.0. The molecule has 14 nitrogen and oxygen atoms in total. The number of primary amides is 1. The van der Waals surface area contributed by atoms with Crippen molar-refractivity contribution < 1.29 is 34.2 Å².